The van der Waals surface area contributed by atoms with Gasteiger partial charge in [-0.1, -0.05) is 25.4 Å². The summed E-state index contributed by atoms with van der Waals surface area (Å²) in [5, 5.41) is 23.2. The summed E-state index contributed by atoms with van der Waals surface area (Å²) in [6.07, 6.45) is 0.771. The zero-order chi connectivity index (χ0) is 16.0. The number of anilines is 1. The first-order chi connectivity index (χ1) is 9.79. The molecule has 0 spiro atoms. The minimum Gasteiger partial charge on any atom is -0.481 e. The summed E-state index contributed by atoms with van der Waals surface area (Å²) in [4.78, 5) is 21.3. The maximum Gasteiger partial charge on any atom is 0.303 e. The molecule has 0 aliphatic rings. The van der Waals surface area contributed by atoms with Crippen LogP contribution in [0.1, 0.15) is 26.7 Å². The largest absolute Gasteiger partial charge is 0.481 e. The fourth-order valence-corrected chi connectivity index (χ4v) is 2.38. The molecule has 1 aromatic rings. The summed E-state index contributed by atoms with van der Waals surface area (Å²) in [6.45, 7) is 4.39. The SMILES string of the molecule is CC(C)CC(CNc1ccc(Cl)cc1[N+](=O)[O-])CC(=O)O. The Kier molecular flexibility index (Phi) is 6.42. The average molecular weight is 315 g/mol. The number of carbonyl (C=O) groups is 1. The van der Waals surface area contributed by atoms with Crippen LogP contribution in [-0.4, -0.2) is 22.5 Å². The second-order valence-corrected chi connectivity index (χ2v) is 5.83. The van der Waals surface area contributed by atoms with Crippen LogP contribution in [-0.2, 0) is 4.79 Å². The molecular formula is C14H19ClN2O4. The normalized spacial score (nSPS) is 12.2. The molecule has 0 aliphatic heterocycles. The minimum absolute atomic E-state index is 0.0343. The molecule has 0 fully saturated rings. The summed E-state index contributed by atoms with van der Waals surface area (Å²) in [5.74, 6) is -0.595. The second kappa shape index (κ2) is 7.83. The summed E-state index contributed by atoms with van der Waals surface area (Å²) in [6, 6.07) is 4.37. The second-order valence-electron chi connectivity index (χ2n) is 5.39. The molecule has 0 saturated carbocycles. The van der Waals surface area contributed by atoms with Gasteiger partial charge >= 0.3 is 5.97 Å². The fraction of sp³-hybridized carbons (Fsp3) is 0.500. The van der Waals surface area contributed by atoms with E-state index in [2.05, 4.69) is 5.32 Å². The van der Waals surface area contributed by atoms with Gasteiger partial charge in [-0.2, -0.15) is 0 Å². The Morgan fingerprint density at radius 3 is 2.67 bits per heavy atom. The number of carboxylic acid groups (broad SMARTS) is 1. The summed E-state index contributed by atoms with van der Waals surface area (Å²) in [7, 11) is 0. The van der Waals surface area contributed by atoms with Crippen molar-refractivity contribution in [3.63, 3.8) is 0 Å². The van der Waals surface area contributed by atoms with Gasteiger partial charge in [0.1, 0.15) is 5.69 Å². The van der Waals surface area contributed by atoms with E-state index in [0.717, 1.165) is 6.42 Å². The van der Waals surface area contributed by atoms with E-state index >= 15 is 0 Å². The predicted molar refractivity (Wildman–Crippen MR) is 81.8 cm³/mol. The molecule has 6 nitrogen and oxygen atoms in total. The summed E-state index contributed by atoms with van der Waals surface area (Å²) in [5.41, 5.74) is 0.240. The number of aliphatic carboxylic acids is 1. The standard InChI is InChI=1S/C14H19ClN2O4/c1-9(2)5-10(6-14(18)19)8-16-12-4-3-11(15)7-13(12)17(20)21/h3-4,7,9-10,16H,5-6,8H2,1-2H3,(H,18,19). The molecule has 21 heavy (non-hydrogen) atoms. The topological polar surface area (TPSA) is 92.5 Å². The quantitative estimate of drug-likeness (QED) is 0.562. The van der Waals surface area contributed by atoms with Crippen LogP contribution < -0.4 is 5.32 Å². The zero-order valence-electron chi connectivity index (χ0n) is 12.0. The molecule has 1 atom stereocenters. The van der Waals surface area contributed by atoms with Gasteiger partial charge in [0.25, 0.3) is 5.69 Å². The van der Waals surface area contributed by atoms with Gasteiger partial charge in [-0.3, -0.25) is 14.9 Å². The van der Waals surface area contributed by atoms with Crippen molar-refractivity contribution >= 4 is 28.9 Å². The highest BCUT2D eigenvalue weighted by Gasteiger charge is 2.18. The molecule has 1 unspecified atom stereocenters. The molecule has 0 heterocycles. The molecule has 1 aromatic carbocycles. The Morgan fingerprint density at radius 2 is 2.14 bits per heavy atom. The van der Waals surface area contributed by atoms with Gasteiger partial charge in [0.15, 0.2) is 0 Å². The number of carboxylic acids is 1. The number of nitrogens with one attached hydrogen (secondary N) is 1. The van der Waals surface area contributed by atoms with Crippen LogP contribution in [0.4, 0.5) is 11.4 Å². The van der Waals surface area contributed by atoms with Crippen molar-refractivity contribution in [2.75, 3.05) is 11.9 Å². The molecule has 0 aromatic heterocycles. The number of nitrogens with zero attached hydrogens (tertiary/aromatic N) is 1. The number of hydrogen-bond donors (Lipinski definition) is 2. The van der Waals surface area contributed by atoms with Crippen LogP contribution >= 0.6 is 11.6 Å². The van der Waals surface area contributed by atoms with E-state index in [4.69, 9.17) is 16.7 Å². The molecule has 1 rings (SSSR count). The summed E-state index contributed by atoms with van der Waals surface area (Å²) < 4.78 is 0. The highest BCUT2D eigenvalue weighted by atomic mass is 35.5. The van der Waals surface area contributed by atoms with E-state index in [0.29, 0.717) is 18.2 Å². The number of benzene rings is 1. The third-order valence-electron chi connectivity index (χ3n) is 3.01. The smallest absolute Gasteiger partial charge is 0.303 e. The number of rotatable bonds is 8. The van der Waals surface area contributed by atoms with Crippen molar-refractivity contribution < 1.29 is 14.8 Å². The van der Waals surface area contributed by atoms with Crippen molar-refractivity contribution in [1.82, 2.24) is 0 Å². The molecule has 116 valence electrons. The highest BCUT2D eigenvalue weighted by Crippen LogP contribution is 2.28. The van der Waals surface area contributed by atoms with E-state index in [1.54, 1.807) is 6.07 Å². The monoisotopic (exact) mass is 314 g/mol. The third-order valence-corrected chi connectivity index (χ3v) is 3.24. The first-order valence-electron chi connectivity index (χ1n) is 6.69. The fourth-order valence-electron chi connectivity index (χ4n) is 2.21. The van der Waals surface area contributed by atoms with Crippen LogP contribution in [0.3, 0.4) is 0 Å². The lowest BCUT2D eigenvalue weighted by atomic mass is 9.94. The van der Waals surface area contributed by atoms with Gasteiger partial charge in [-0.15, -0.1) is 0 Å². The lowest BCUT2D eigenvalue weighted by molar-refractivity contribution is -0.383. The Labute approximate surface area is 128 Å². The lowest BCUT2D eigenvalue weighted by Gasteiger charge is -2.18. The third kappa shape index (κ3) is 5.99. The molecule has 0 amide bonds. The first-order valence-corrected chi connectivity index (χ1v) is 7.07. The summed E-state index contributed by atoms with van der Waals surface area (Å²) >= 11 is 5.75. The van der Waals surface area contributed by atoms with Crippen LogP contribution in [0, 0.1) is 22.0 Å². The van der Waals surface area contributed by atoms with Crippen LogP contribution in [0.15, 0.2) is 18.2 Å². The van der Waals surface area contributed by atoms with Gasteiger partial charge in [-0.25, -0.2) is 0 Å². The van der Waals surface area contributed by atoms with Gasteiger partial charge in [0, 0.05) is 24.1 Å². The lowest BCUT2D eigenvalue weighted by Crippen LogP contribution is -2.20. The van der Waals surface area contributed by atoms with Gasteiger partial charge in [0.2, 0.25) is 0 Å². The van der Waals surface area contributed by atoms with E-state index < -0.39 is 10.9 Å². The predicted octanol–water partition coefficient (Wildman–Crippen LogP) is 3.80. The molecule has 7 heteroatoms. The van der Waals surface area contributed by atoms with E-state index in [1.165, 1.54) is 12.1 Å². The van der Waals surface area contributed by atoms with Gasteiger partial charge in [-0.05, 0) is 30.4 Å². The van der Waals surface area contributed by atoms with Crippen molar-refractivity contribution in [3.8, 4) is 0 Å². The van der Waals surface area contributed by atoms with E-state index in [1.807, 2.05) is 13.8 Å². The van der Waals surface area contributed by atoms with Crippen molar-refractivity contribution in [2.24, 2.45) is 11.8 Å². The molecular weight excluding hydrogens is 296 g/mol. The maximum atomic E-state index is 11.0. The maximum absolute atomic E-state index is 11.0. The van der Waals surface area contributed by atoms with Crippen molar-refractivity contribution in [2.45, 2.75) is 26.7 Å². The van der Waals surface area contributed by atoms with Crippen LogP contribution in [0.2, 0.25) is 5.02 Å². The number of hydrogen-bond acceptors (Lipinski definition) is 4. The van der Waals surface area contributed by atoms with Crippen LogP contribution in [0.25, 0.3) is 0 Å². The Bertz CT molecular complexity index is 520. The van der Waals surface area contributed by atoms with Gasteiger partial charge in [0.05, 0.1) is 4.92 Å². The number of nitro benzene ring substituents is 1. The van der Waals surface area contributed by atoms with E-state index in [9.17, 15) is 14.9 Å². The van der Waals surface area contributed by atoms with Crippen LogP contribution in [0.5, 0.6) is 0 Å². The van der Waals surface area contributed by atoms with E-state index in [-0.39, 0.29) is 23.0 Å². The highest BCUT2D eigenvalue weighted by molar-refractivity contribution is 6.30. The molecule has 2 N–H and O–H groups in total. The number of halogens is 1. The Morgan fingerprint density at radius 1 is 1.48 bits per heavy atom. The molecule has 0 radical (unpaired) electrons. The van der Waals surface area contributed by atoms with Crippen molar-refractivity contribution in [1.29, 1.82) is 0 Å². The van der Waals surface area contributed by atoms with Crippen molar-refractivity contribution in [3.05, 3.63) is 33.3 Å². The minimum atomic E-state index is -0.868. The number of nitro groups is 1. The zero-order valence-corrected chi connectivity index (χ0v) is 12.8. The molecule has 0 aliphatic carbocycles. The molecule has 0 saturated heterocycles. The average Bonchev–Trinajstić information content (AvgIpc) is 2.35. The molecule has 0 bridgehead atoms. The van der Waals surface area contributed by atoms with Gasteiger partial charge < -0.3 is 10.4 Å². The first kappa shape index (κ1) is 17.2. The Hall–Kier alpha value is -1.82. The Balaban J connectivity index is 2.79.